The molecule has 5 nitrogen and oxygen atoms in total. The third-order valence-corrected chi connectivity index (χ3v) is 3.53. The lowest BCUT2D eigenvalue weighted by atomic mass is 10.0. The number of benzene rings is 1. The Hall–Kier alpha value is -1.43. The van der Waals surface area contributed by atoms with Crippen LogP contribution in [0.4, 0.5) is 0 Å². The number of nitrogens with zero attached hydrogens (tertiary/aromatic N) is 1. The van der Waals surface area contributed by atoms with Crippen LogP contribution in [0.25, 0.3) is 0 Å². The Kier molecular flexibility index (Phi) is 5.11. The lowest BCUT2D eigenvalue weighted by Crippen LogP contribution is -2.46. The van der Waals surface area contributed by atoms with Crippen molar-refractivity contribution in [2.24, 2.45) is 0 Å². The van der Waals surface area contributed by atoms with Gasteiger partial charge in [-0.05, 0) is 25.6 Å². The van der Waals surface area contributed by atoms with Crippen LogP contribution in [0.2, 0.25) is 0 Å². The van der Waals surface area contributed by atoms with E-state index < -0.39 is 5.60 Å². The fraction of sp³-hybridized carbons (Fsp3) is 0.533. The molecule has 0 bridgehead atoms. The van der Waals surface area contributed by atoms with Crippen LogP contribution >= 0.6 is 0 Å². The Morgan fingerprint density at radius 3 is 2.85 bits per heavy atom. The van der Waals surface area contributed by atoms with Gasteiger partial charge >= 0.3 is 0 Å². The molecule has 5 heteroatoms. The minimum absolute atomic E-state index is 0.0223. The summed E-state index contributed by atoms with van der Waals surface area (Å²) in [5, 5.41) is 16.3. The average Bonchev–Trinajstić information content (AvgIpc) is 2.83. The number of aliphatic hydroxyl groups is 1. The van der Waals surface area contributed by atoms with Crippen LogP contribution in [0.15, 0.2) is 30.3 Å². The summed E-state index contributed by atoms with van der Waals surface area (Å²) in [5.41, 5.74) is 0.385. The minimum Gasteiger partial charge on any atom is -0.387 e. The molecule has 1 aliphatic rings. The molecule has 110 valence electrons. The molecular formula is C15H23N3O2. The Labute approximate surface area is 120 Å². The van der Waals surface area contributed by atoms with Gasteiger partial charge in [0.25, 0.3) is 0 Å². The zero-order chi connectivity index (χ0) is 14.4. The van der Waals surface area contributed by atoms with E-state index >= 15 is 0 Å². The topological polar surface area (TPSA) is 64.6 Å². The van der Waals surface area contributed by atoms with E-state index in [9.17, 15) is 9.90 Å². The summed E-state index contributed by atoms with van der Waals surface area (Å²) in [6, 6.07) is 9.83. The van der Waals surface area contributed by atoms with E-state index in [0.29, 0.717) is 26.2 Å². The van der Waals surface area contributed by atoms with Crippen molar-refractivity contribution in [2.45, 2.75) is 18.6 Å². The molecular weight excluding hydrogens is 254 g/mol. The molecule has 0 aromatic heterocycles. The minimum atomic E-state index is -0.700. The van der Waals surface area contributed by atoms with E-state index in [1.165, 1.54) is 0 Å². The highest BCUT2D eigenvalue weighted by Gasteiger charge is 2.32. The monoisotopic (exact) mass is 277 g/mol. The van der Waals surface area contributed by atoms with Gasteiger partial charge in [0.05, 0.1) is 12.1 Å². The fourth-order valence-electron chi connectivity index (χ4n) is 2.52. The Morgan fingerprint density at radius 2 is 2.20 bits per heavy atom. The highest BCUT2D eigenvalue weighted by Crippen LogP contribution is 2.14. The number of hydrogen-bond acceptors (Lipinski definition) is 4. The average molecular weight is 277 g/mol. The lowest BCUT2D eigenvalue weighted by Gasteiger charge is -2.27. The van der Waals surface area contributed by atoms with Gasteiger partial charge in [-0.15, -0.1) is 0 Å². The molecule has 20 heavy (non-hydrogen) atoms. The number of nitrogens with one attached hydrogen (secondary N) is 2. The molecule has 3 N–H and O–H groups in total. The lowest BCUT2D eigenvalue weighted by molar-refractivity contribution is -0.122. The summed E-state index contributed by atoms with van der Waals surface area (Å²) in [5.74, 6) is -0.0223. The fourth-order valence-corrected chi connectivity index (χ4v) is 2.52. The van der Waals surface area contributed by atoms with Gasteiger partial charge in [-0.3, -0.25) is 9.69 Å². The van der Waals surface area contributed by atoms with Crippen molar-refractivity contribution in [1.82, 2.24) is 15.5 Å². The molecule has 1 aromatic carbocycles. The molecule has 0 spiro atoms. The van der Waals surface area contributed by atoms with Crippen molar-refractivity contribution in [3.63, 3.8) is 0 Å². The second-order valence-corrected chi connectivity index (χ2v) is 5.59. The molecule has 2 rings (SSSR count). The van der Waals surface area contributed by atoms with Crippen LogP contribution in [-0.4, -0.2) is 54.7 Å². The number of likely N-dealkylation sites (N-methyl/N-ethyl adjacent to an activating group) is 1. The highest BCUT2D eigenvalue weighted by atomic mass is 16.3. The van der Waals surface area contributed by atoms with E-state index in [2.05, 4.69) is 10.6 Å². The summed E-state index contributed by atoms with van der Waals surface area (Å²) in [4.78, 5) is 13.7. The number of carbonyl (C=O) groups is 1. The van der Waals surface area contributed by atoms with Crippen LogP contribution in [0.1, 0.15) is 12.0 Å². The van der Waals surface area contributed by atoms with Gasteiger partial charge in [0.15, 0.2) is 0 Å². The zero-order valence-corrected chi connectivity index (χ0v) is 11.9. The predicted molar refractivity (Wildman–Crippen MR) is 78.2 cm³/mol. The summed E-state index contributed by atoms with van der Waals surface area (Å²) < 4.78 is 0. The van der Waals surface area contributed by atoms with Crippen molar-refractivity contribution in [2.75, 3.05) is 33.2 Å². The van der Waals surface area contributed by atoms with Gasteiger partial charge in [-0.25, -0.2) is 0 Å². The summed E-state index contributed by atoms with van der Waals surface area (Å²) in [6.45, 7) is 2.79. The van der Waals surface area contributed by atoms with E-state index in [1.54, 1.807) is 0 Å². The Balaban J connectivity index is 1.71. The van der Waals surface area contributed by atoms with Crippen molar-refractivity contribution in [1.29, 1.82) is 0 Å². The first-order valence-corrected chi connectivity index (χ1v) is 7.00. The molecule has 0 aliphatic carbocycles. The van der Waals surface area contributed by atoms with E-state index in [0.717, 1.165) is 18.5 Å². The second kappa shape index (κ2) is 6.83. The van der Waals surface area contributed by atoms with Crippen LogP contribution in [0, 0.1) is 0 Å². The molecule has 1 amide bonds. The van der Waals surface area contributed by atoms with Gasteiger partial charge in [0.2, 0.25) is 5.91 Å². The van der Waals surface area contributed by atoms with Crippen LogP contribution < -0.4 is 10.6 Å². The van der Waals surface area contributed by atoms with Gasteiger partial charge < -0.3 is 15.7 Å². The van der Waals surface area contributed by atoms with Gasteiger partial charge in [-0.2, -0.15) is 0 Å². The van der Waals surface area contributed by atoms with Crippen LogP contribution in [-0.2, 0) is 11.3 Å². The van der Waals surface area contributed by atoms with Crippen molar-refractivity contribution in [3.8, 4) is 0 Å². The quantitative estimate of drug-likeness (QED) is 0.683. The van der Waals surface area contributed by atoms with Crippen molar-refractivity contribution < 1.29 is 9.90 Å². The highest BCUT2D eigenvalue weighted by molar-refractivity contribution is 5.77. The molecule has 1 aliphatic heterocycles. The standard InChI is InChI=1S/C15H23N3O2/c1-18(12-15(20)7-8-16-11-15)10-14(19)17-9-13-5-3-2-4-6-13/h2-6,16,20H,7-12H2,1H3,(H,17,19). The molecule has 1 atom stereocenters. The molecule has 1 saturated heterocycles. The number of β-amino-alcohol motifs (C(OH)–C–C–N with tert-alkyl or cyclic N) is 1. The number of carbonyl (C=O) groups excluding carboxylic acids is 1. The predicted octanol–water partition coefficient (Wildman–Crippen LogP) is -0.0410. The molecule has 1 unspecified atom stereocenters. The molecule has 1 heterocycles. The van der Waals surface area contributed by atoms with Crippen molar-refractivity contribution in [3.05, 3.63) is 35.9 Å². The van der Waals surface area contributed by atoms with E-state index in [-0.39, 0.29) is 5.91 Å². The maximum atomic E-state index is 11.9. The normalized spacial score (nSPS) is 22.1. The van der Waals surface area contributed by atoms with Crippen molar-refractivity contribution >= 4 is 5.91 Å². The summed E-state index contributed by atoms with van der Waals surface area (Å²) in [6.07, 6.45) is 0.739. The summed E-state index contributed by atoms with van der Waals surface area (Å²) >= 11 is 0. The Morgan fingerprint density at radius 1 is 1.45 bits per heavy atom. The van der Waals surface area contributed by atoms with Gasteiger partial charge in [-0.1, -0.05) is 30.3 Å². The number of amides is 1. The van der Waals surface area contributed by atoms with Crippen LogP contribution in [0.5, 0.6) is 0 Å². The van der Waals surface area contributed by atoms with Gasteiger partial charge in [0.1, 0.15) is 0 Å². The first kappa shape index (κ1) is 15.0. The maximum absolute atomic E-state index is 11.9. The van der Waals surface area contributed by atoms with E-state index in [4.69, 9.17) is 0 Å². The SMILES string of the molecule is CN(CC(=O)NCc1ccccc1)CC1(O)CCNC1. The second-order valence-electron chi connectivity index (χ2n) is 5.59. The molecule has 1 aromatic rings. The molecule has 1 fully saturated rings. The van der Waals surface area contributed by atoms with E-state index in [1.807, 2.05) is 42.3 Å². The first-order valence-electron chi connectivity index (χ1n) is 7.00. The molecule has 0 saturated carbocycles. The zero-order valence-electron chi connectivity index (χ0n) is 11.9. The third-order valence-electron chi connectivity index (χ3n) is 3.53. The largest absolute Gasteiger partial charge is 0.387 e. The summed E-state index contributed by atoms with van der Waals surface area (Å²) in [7, 11) is 1.86. The maximum Gasteiger partial charge on any atom is 0.234 e. The Bertz CT molecular complexity index is 430. The third kappa shape index (κ3) is 4.59. The van der Waals surface area contributed by atoms with Gasteiger partial charge in [0, 0.05) is 19.6 Å². The smallest absolute Gasteiger partial charge is 0.234 e. The number of hydrogen-bond donors (Lipinski definition) is 3. The van der Waals surface area contributed by atoms with Crippen LogP contribution in [0.3, 0.4) is 0 Å². The molecule has 0 radical (unpaired) electrons. The first-order chi connectivity index (χ1) is 9.57. The number of rotatable bonds is 6.